The van der Waals surface area contributed by atoms with E-state index in [1.807, 2.05) is 30.3 Å². The van der Waals surface area contributed by atoms with Crippen molar-refractivity contribution >= 4 is 0 Å². The Balaban J connectivity index is 1.63. The van der Waals surface area contributed by atoms with E-state index in [0.29, 0.717) is 24.1 Å². The molecule has 2 aliphatic rings. The third-order valence-electron chi connectivity index (χ3n) is 4.50. The molecule has 1 aliphatic carbocycles. The Kier molecular flexibility index (Phi) is 3.03. The molecule has 0 bridgehead atoms. The third-order valence-corrected chi connectivity index (χ3v) is 4.50. The van der Waals surface area contributed by atoms with Gasteiger partial charge in [0.2, 0.25) is 0 Å². The molecule has 0 unspecified atom stereocenters. The first-order valence-electron chi connectivity index (χ1n) is 7.42. The summed E-state index contributed by atoms with van der Waals surface area (Å²) in [6.45, 7) is 0.732. The first-order chi connectivity index (χ1) is 10.3. The number of hydrogen-bond donors (Lipinski definition) is 0. The van der Waals surface area contributed by atoms with Gasteiger partial charge >= 0.3 is 0 Å². The van der Waals surface area contributed by atoms with E-state index in [9.17, 15) is 4.39 Å². The van der Waals surface area contributed by atoms with Crippen LogP contribution in [0.25, 0.3) is 0 Å². The van der Waals surface area contributed by atoms with Gasteiger partial charge in [-0.3, -0.25) is 0 Å². The number of aromatic nitrogens is 3. The Morgan fingerprint density at radius 3 is 2.86 bits per heavy atom. The van der Waals surface area contributed by atoms with Crippen LogP contribution in [0.4, 0.5) is 4.39 Å². The van der Waals surface area contributed by atoms with E-state index in [4.69, 9.17) is 4.74 Å². The average Bonchev–Trinajstić information content (AvgIpc) is 3.02. The Labute approximate surface area is 123 Å². The van der Waals surface area contributed by atoms with Crippen molar-refractivity contribution in [1.29, 1.82) is 0 Å². The van der Waals surface area contributed by atoms with E-state index in [0.717, 1.165) is 24.4 Å². The maximum Gasteiger partial charge on any atom is 0.162 e. The van der Waals surface area contributed by atoms with Crippen molar-refractivity contribution in [2.75, 3.05) is 13.7 Å². The zero-order valence-electron chi connectivity index (χ0n) is 11.9. The van der Waals surface area contributed by atoms with Crippen LogP contribution in [-0.4, -0.2) is 28.5 Å². The largest absolute Gasteiger partial charge is 0.384 e. The minimum atomic E-state index is -1.02. The van der Waals surface area contributed by atoms with Crippen LogP contribution in [0.3, 0.4) is 0 Å². The van der Waals surface area contributed by atoms with Crippen molar-refractivity contribution in [3.8, 4) is 0 Å². The molecule has 2 heterocycles. The zero-order chi connectivity index (χ0) is 14.4. The average molecular weight is 287 g/mol. The normalized spacial score (nSPS) is 30.4. The van der Waals surface area contributed by atoms with E-state index in [-0.39, 0.29) is 6.04 Å². The highest BCUT2D eigenvalue weighted by molar-refractivity contribution is 5.24. The van der Waals surface area contributed by atoms with Gasteiger partial charge in [0.05, 0.1) is 6.04 Å². The number of methoxy groups -OCH3 is 1. The van der Waals surface area contributed by atoms with E-state index >= 15 is 0 Å². The summed E-state index contributed by atoms with van der Waals surface area (Å²) in [4.78, 5) is 4.46. The van der Waals surface area contributed by atoms with Gasteiger partial charge in [0.15, 0.2) is 17.8 Å². The fraction of sp³-hybridized carbons (Fsp3) is 0.500. The molecule has 1 aromatic carbocycles. The van der Waals surface area contributed by atoms with Crippen LogP contribution in [0.2, 0.25) is 0 Å². The van der Waals surface area contributed by atoms with Crippen LogP contribution in [0.15, 0.2) is 30.3 Å². The molecule has 0 spiro atoms. The lowest BCUT2D eigenvalue weighted by atomic mass is 10.0. The van der Waals surface area contributed by atoms with Crippen LogP contribution < -0.4 is 0 Å². The second kappa shape index (κ2) is 4.91. The summed E-state index contributed by atoms with van der Waals surface area (Å²) in [5.41, 5.74) is 1.10. The summed E-state index contributed by atoms with van der Waals surface area (Å²) < 4.78 is 21.2. The minimum Gasteiger partial charge on any atom is -0.384 e. The smallest absolute Gasteiger partial charge is 0.162 e. The van der Waals surface area contributed by atoms with Crippen molar-refractivity contribution in [2.24, 2.45) is 5.92 Å². The van der Waals surface area contributed by atoms with Gasteiger partial charge in [0.25, 0.3) is 0 Å². The highest BCUT2D eigenvalue weighted by Gasteiger charge is 2.44. The van der Waals surface area contributed by atoms with Crippen LogP contribution >= 0.6 is 0 Å². The van der Waals surface area contributed by atoms with E-state index in [2.05, 4.69) is 10.1 Å². The topological polar surface area (TPSA) is 39.9 Å². The highest BCUT2D eigenvalue weighted by Crippen LogP contribution is 2.48. The Morgan fingerprint density at radius 2 is 2.10 bits per heavy atom. The monoisotopic (exact) mass is 287 g/mol. The van der Waals surface area contributed by atoms with E-state index in [1.54, 1.807) is 11.8 Å². The second-order valence-electron chi connectivity index (χ2n) is 5.96. The standard InChI is InChI=1S/C16H18FN3O/c1-21-9-11-7-12(11)15-18-16-13(17)8-14(20(16)19-15)10-5-3-2-4-6-10/h2-6,11-14H,7-9H2,1H3/t11-,12+,13+,14+/m1/s1. The molecular formula is C16H18FN3O. The number of rotatable bonds is 4. The predicted molar refractivity (Wildman–Crippen MR) is 75.8 cm³/mol. The third kappa shape index (κ3) is 2.16. The molecule has 0 saturated heterocycles. The second-order valence-corrected chi connectivity index (χ2v) is 5.96. The molecule has 0 radical (unpaired) electrons. The van der Waals surface area contributed by atoms with Crippen LogP contribution in [0.1, 0.15) is 48.2 Å². The van der Waals surface area contributed by atoms with Crippen LogP contribution in [0.5, 0.6) is 0 Å². The summed E-state index contributed by atoms with van der Waals surface area (Å²) in [6.07, 6.45) is 0.465. The molecule has 5 heteroatoms. The molecule has 0 amide bonds. The summed E-state index contributed by atoms with van der Waals surface area (Å²) in [7, 11) is 1.71. The maximum atomic E-state index is 14.2. The molecule has 4 nitrogen and oxygen atoms in total. The van der Waals surface area contributed by atoms with Crippen molar-refractivity contribution in [1.82, 2.24) is 14.8 Å². The summed E-state index contributed by atoms with van der Waals surface area (Å²) in [5.74, 6) is 2.11. The quantitative estimate of drug-likeness (QED) is 0.867. The number of alkyl halides is 1. The predicted octanol–water partition coefficient (Wildman–Crippen LogP) is 3.03. The number of fused-ring (bicyclic) bond motifs is 1. The summed E-state index contributed by atoms with van der Waals surface area (Å²) in [5, 5.41) is 4.60. The van der Waals surface area contributed by atoms with Crippen LogP contribution in [-0.2, 0) is 4.74 Å². The van der Waals surface area contributed by atoms with Gasteiger partial charge < -0.3 is 4.74 Å². The Morgan fingerprint density at radius 1 is 1.29 bits per heavy atom. The number of nitrogens with zero attached hydrogens (tertiary/aromatic N) is 3. The number of ether oxygens (including phenoxy) is 1. The summed E-state index contributed by atoms with van der Waals surface area (Å²) in [6, 6.07) is 9.95. The van der Waals surface area contributed by atoms with Gasteiger partial charge in [-0.05, 0) is 17.9 Å². The molecule has 1 aliphatic heterocycles. The molecular weight excluding hydrogens is 269 g/mol. The van der Waals surface area contributed by atoms with Gasteiger partial charge in [-0.15, -0.1) is 0 Å². The first kappa shape index (κ1) is 13.0. The van der Waals surface area contributed by atoms with Crippen molar-refractivity contribution in [3.05, 3.63) is 47.5 Å². The van der Waals surface area contributed by atoms with Gasteiger partial charge in [0, 0.05) is 26.1 Å². The maximum absolute atomic E-state index is 14.2. The van der Waals surface area contributed by atoms with Crippen LogP contribution in [0, 0.1) is 5.92 Å². The molecule has 110 valence electrons. The summed E-state index contributed by atoms with van der Waals surface area (Å²) >= 11 is 0. The van der Waals surface area contributed by atoms with Crippen molar-refractivity contribution in [3.63, 3.8) is 0 Å². The fourth-order valence-electron chi connectivity index (χ4n) is 3.27. The lowest BCUT2D eigenvalue weighted by molar-refractivity contribution is 0.184. The molecule has 2 aromatic rings. The minimum absolute atomic E-state index is 0.0305. The van der Waals surface area contributed by atoms with Gasteiger partial charge in [-0.1, -0.05) is 30.3 Å². The van der Waals surface area contributed by atoms with Gasteiger partial charge in [-0.25, -0.2) is 14.1 Å². The molecule has 0 N–H and O–H groups in total. The van der Waals surface area contributed by atoms with Gasteiger partial charge in [-0.2, -0.15) is 5.10 Å². The molecule has 4 rings (SSSR count). The molecule has 4 atom stereocenters. The molecule has 1 aromatic heterocycles. The fourth-order valence-corrected chi connectivity index (χ4v) is 3.27. The number of benzene rings is 1. The van der Waals surface area contributed by atoms with Gasteiger partial charge in [0.1, 0.15) is 0 Å². The Hall–Kier alpha value is -1.75. The molecule has 1 fully saturated rings. The number of hydrogen-bond acceptors (Lipinski definition) is 3. The number of halogens is 1. The Bertz CT molecular complexity index is 642. The van der Waals surface area contributed by atoms with Crippen molar-refractivity contribution in [2.45, 2.75) is 31.0 Å². The lowest BCUT2D eigenvalue weighted by Crippen LogP contribution is -2.07. The lowest BCUT2D eigenvalue weighted by Gasteiger charge is -2.11. The highest BCUT2D eigenvalue weighted by atomic mass is 19.1. The molecule has 21 heavy (non-hydrogen) atoms. The SMILES string of the molecule is COC[C@H]1C[C@@H]1c1nc2n(n1)[C@H](c1ccccc1)C[C@@H]2F. The van der Waals surface area contributed by atoms with E-state index in [1.165, 1.54) is 0 Å². The first-order valence-corrected chi connectivity index (χ1v) is 7.42. The van der Waals surface area contributed by atoms with E-state index < -0.39 is 6.17 Å². The van der Waals surface area contributed by atoms with Crippen molar-refractivity contribution < 1.29 is 9.13 Å². The zero-order valence-corrected chi connectivity index (χ0v) is 11.9. The molecule has 1 saturated carbocycles.